The van der Waals surface area contributed by atoms with Gasteiger partial charge in [-0.25, -0.2) is 0 Å². The van der Waals surface area contributed by atoms with Crippen LogP contribution in [0.4, 0.5) is 0 Å². The van der Waals surface area contributed by atoms with Crippen molar-refractivity contribution in [1.29, 1.82) is 0 Å². The van der Waals surface area contributed by atoms with Crippen molar-refractivity contribution in [3.05, 3.63) is 0 Å². The molecule has 6 heteroatoms. The van der Waals surface area contributed by atoms with Crippen LogP contribution in [0.2, 0.25) is 0 Å². The summed E-state index contributed by atoms with van der Waals surface area (Å²) in [6.07, 6.45) is 0.269. The van der Waals surface area contributed by atoms with Crippen molar-refractivity contribution in [2.45, 2.75) is 34.1 Å². The molecule has 21 heavy (non-hydrogen) atoms. The lowest BCUT2D eigenvalue weighted by Crippen LogP contribution is -2.39. The van der Waals surface area contributed by atoms with E-state index in [9.17, 15) is 9.59 Å². The Morgan fingerprint density at radius 1 is 1.14 bits per heavy atom. The van der Waals surface area contributed by atoms with Crippen LogP contribution < -0.4 is 0 Å². The van der Waals surface area contributed by atoms with E-state index in [0.717, 1.165) is 0 Å². The van der Waals surface area contributed by atoms with Gasteiger partial charge in [0.1, 0.15) is 0 Å². The van der Waals surface area contributed by atoms with Gasteiger partial charge in [0.15, 0.2) is 0 Å². The Labute approximate surface area is 127 Å². The van der Waals surface area contributed by atoms with Gasteiger partial charge in [0.25, 0.3) is 0 Å². The third-order valence-electron chi connectivity index (χ3n) is 2.89. The number of hydrogen-bond acceptors (Lipinski definition) is 4. The fourth-order valence-electron chi connectivity index (χ4n) is 1.68. The van der Waals surface area contributed by atoms with Crippen LogP contribution in [0.5, 0.6) is 0 Å². The van der Waals surface area contributed by atoms with E-state index in [4.69, 9.17) is 14.6 Å². The minimum Gasteiger partial charge on any atom is -0.481 e. The van der Waals surface area contributed by atoms with Crippen LogP contribution in [0.15, 0.2) is 0 Å². The molecule has 0 radical (unpaired) electrons. The molecule has 1 atom stereocenters. The molecule has 0 aliphatic heterocycles. The highest BCUT2D eigenvalue weighted by Gasteiger charge is 2.20. The van der Waals surface area contributed by atoms with Crippen molar-refractivity contribution in [3.63, 3.8) is 0 Å². The summed E-state index contributed by atoms with van der Waals surface area (Å²) in [4.78, 5) is 24.6. The average Bonchev–Trinajstić information content (AvgIpc) is 2.41. The maximum Gasteiger partial charge on any atom is 0.308 e. The zero-order valence-electron chi connectivity index (χ0n) is 13.6. The van der Waals surface area contributed by atoms with Crippen LogP contribution in [-0.4, -0.2) is 61.4 Å². The van der Waals surface area contributed by atoms with E-state index in [1.165, 1.54) is 0 Å². The first kappa shape index (κ1) is 19.9. The molecule has 0 spiro atoms. The van der Waals surface area contributed by atoms with E-state index in [2.05, 4.69) is 0 Å². The Hall–Kier alpha value is -1.14. The molecule has 0 aromatic rings. The molecule has 0 saturated carbocycles. The van der Waals surface area contributed by atoms with Gasteiger partial charge < -0.3 is 19.5 Å². The van der Waals surface area contributed by atoms with Gasteiger partial charge in [-0.05, 0) is 12.8 Å². The largest absolute Gasteiger partial charge is 0.481 e. The summed E-state index contributed by atoms with van der Waals surface area (Å²) in [5, 5.41) is 8.97. The highest BCUT2D eigenvalue weighted by Crippen LogP contribution is 2.04. The molecule has 0 aliphatic rings. The first-order valence-corrected chi connectivity index (χ1v) is 7.54. The summed E-state index contributed by atoms with van der Waals surface area (Å²) < 4.78 is 10.6. The zero-order chi connectivity index (χ0) is 16.3. The Morgan fingerprint density at radius 2 is 1.81 bits per heavy atom. The molecule has 0 heterocycles. The van der Waals surface area contributed by atoms with Crippen molar-refractivity contribution in [2.75, 3.05) is 39.5 Å². The molecule has 0 aliphatic carbocycles. The summed E-state index contributed by atoms with van der Waals surface area (Å²) in [5.41, 5.74) is 0. The molecule has 0 fully saturated rings. The third kappa shape index (κ3) is 10.3. The van der Waals surface area contributed by atoms with Crippen LogP contribution in [0.3, 0.4) is 0 Å². The van der Waals surface area contributed by atoms with Crippen LogP contribution in [0.1, 0.15) is 34.1 Å². The molecule has 6 nitrogen and oxygen atoms in total. The first-order valence-electron chi connectivity index (χ1n) is 7.54. The van der Waals surface area contributed by atoms with E-state index >= 15 is 0 Å². The second-order valence-corrected chi connectivity index (χ2v) is 5.49. The fraction of sp³-hybridized carbons (Fsp3) is 0.867. The topological polar surface area (TPSA) is 76.1 Å². The summed E-state index contributed by atoms with van der Waals surface area (Å²) in [6.45, 7) is 10.2. The van der Waals surface area contributed by atoms with E-state index < -0.39 is 11.9 Å². The Bertz CT molecular complexity index is 306. The van der Waals surface area contributed by atoms with E-state index in [1.807, 2.05) is 20.8 Å². The fourth-order valence-corrected chi connectivity index (χ4v) is 1.68. The van der Waals surface area contributed by atoms with Gasteiger partial charge in [-0.15, -0.1) is 0 Å². The monoisotopic (exact) mass is 303 g/mol. The number of aliphatic carboxylic acids is 1. The number of nitrogens with zero attached hydrogens (tertiary/aromatic N) is 1. The zero-order valence-corrected chi connectivity index (χ0v) is 13.6. The minimum atomic E-state index is -0.903. The minimum absolute atomic E-state index is 0.0911. The van der Waals surface area contributed by atoms with Gasteiger partial charge in [-0.1, -0.05) is 20.8 Å². The number of hydrogen-bond donors (Lipinski definition) is 1. The second-order valence-electron chi connectivity index (χ2n) is 5.49. The molecule has 0 rings (SSSR count). The van der Waals surface area contributed by atoms with E-state index in [-0.39, 0.29) is 18.9 Å². The highest BCUT2D eigenvalue weighted by atomic mass is 16.5. The molecule has 0 bridgehead atoms. The highest BCUT2D eigenvalue weighted by molar-refractivity contribution is 5.77. The first-order chi connectivity index (χ1) is 9.88. The number of carboxylic acid groups (broad SMARTS) is 1. The SMILES string of the molecule is CCOCCN(C[C@H](C)C(=O)O)C(=O)CCOCC(C)C. The van der Waals surface area contributed by atoms with Crippen LogP contribution in [0.25, 0.3) is 0 Å². The van der Waals surface area contributed by atoms with Gasteiger partial charge in [0.05, 0.1) is 25.6 Å². The number of carboxylic acids is 1. The molecule has 0 aromatic carbocycles. The number of carbonyl (C=O) groups excluding carboxylic acids is 1. The third-order valence-corrected chi connectivity index (χ3v) is 2.89. The lowest BCUT2D eigenvalue weighted by atomic mass is 10.1. The Morgan fingerprint density at radius 3 is 2.33 bits per heavy atom. The Balaban J connectivity index is 4.27. The maximum absolute atomic E-state index is 12.1. The molecule has 0 unspecified atom stereocenters. The number of rotatable bonds is 12. The van der Waals surface area contributed by atoms with Crippen LogP contribution in [-0.2, 0) is 19.1 Å². The summed E-state index contributed by atoms with van der Waals surface area (Å²) in [6, 6.07) is 0. The van der Waals surface area contributed by atoms with Gasteiger partial charge in [-0.3, -0.25) is 9.59 Å². The lowest BCUT2D eigenvalue weighted by Gasteiger charge is -2.24. The van der Waals surface area contributed by atoms with Crippen molar-refractivity contribution in [3.8, 4) is 0 Å². The standard InChI is InChI=1S/C15H29NO5/c1-5-20-9-7-16(10-13(4)15(18)19)14(17)6-8-21-11-12(2)3/h12-13H,5-11H2,1-4H3,(H,18,19)/t13-/m0/s1. The molecule has 1 N–H and O–H groups in total. The lowest BCUT2D eigenvalue weighted by molar-refractivity contribution is -0.143. The second kappa shape index (κ2) is 11.5. The van der Waals surface area contributed by atoms with Crippen molar-refractivity contribution >= 4 is 11.9 Å². The van der Waals surface area contributed by atoms with Gasteiger partial charge in [-0.2, -0.15) is 0 Å². The van der Waals surface area contributed by atoms with Crippen molar-refractivity contribution < 1.29 is 24.2 Å². The molecule has 1 amide bonds. The van der Waals surface area contributed by atoms with Crippen molar-refractivity contribution in [2.24, 2.45) is 11.8 Å². The number of carbonyl (C=O) groups is 2. The normalized spacial score (nSPS) is 12.4. The summed E-state index contributed by atoms with van der Waals surface area (Å²) >= 11 is 0. The maximum atomic E-state index is 12.1. The molecule has 124 valence electrons. The summed E-state index contributed by atoms with van der Waals surface area (Å²) in [5.74, 6) is -1.15. The van der Waals surface area contributed by atoms with Gasteiger partial charge >= 0.3 is 5.97 Å². The van der Waals surface area contributed by atoms with Crippen LogP contribution in [0, 0.1) is 11.8 Å². The van der Waals surface area contributed by atoms with E-state index in [1.54, 1.807) is 11.8 Å². The van der Waals surface area contributed by atoms with Gasteiger partial charge in [0.2, 0.25) is 5.91 Å². The smallest absolute Gasteiger partial charge is 0.308 e. The van der Waals surface area contributed by atoms with E-state index in [0.29, 0.717) is 38.9 Å². The Kier molecular flexibility index (Phi) is 10.9. The number of ether oxygens (including phenoxy) is 2. The summed E-state index contributed by atoms with van der Waals surface area (Å²) in [7, 11) is 0. The van der Waals surface area contributed by atoms with Crippen molar-refractivity contribution in [1.82, 2.24) is 4.90 Å². The molecular formula is C15H29NO5. The quantitative estimate of drug-likeness (QED) is 0.555. The molecular weight excluding hydrogens is 274 g/mol. The number of amides is 1. The predicted octanol–water partition coefficient (Wildman–Crippen LogP) is 1.63. The average molecular weight is 303 g/mol. The van der Waals surface area contributed by atoms with Crippen LogP contribution >= 0.6 is 0 Å². The molecule has 0 saturated heterocycles. The van der Waals surface area contributed by atoms with Gasteiger partial charge in [0, 0.05) is 26.3 Å². The molecule has 0 aromatic heterocycles. The predicted molar refractivity (Wildman–Crippen MR) is 80.1 cm³/mol.